The van der Waals surface area contributed by atoms with Gasteiger partial charge in [-0.1, -0.05) is 6.92 Å². The van der Waals surface area contributed by atoms with Crippen LogP contribution in [0.15, 0.2) is 6.07 Å². The lowest BCUT2D eigenvalue weighted by Gasteiger charge is -2.10. The summed E-state index contributed by atoms with van der Waals surface area (Å²) in [5, 5.41) is 12.5. The Kier molecular flexibility index (Phi) is 6.29. The fourth-order valence-corrected chi connectivity index (χ4v) is 2.28. The van der Waals surface area contributed by atoms with Crippen LogP contribution >= 0.6 is 11.8 Å². The van der Waals surface area contributed by atoms with Crippen LogP contribution in [0.5, 0.6) is 0 Å². The molecular formula is C12H21N3OS. The van der Waals surface area contributed by atoms with E-state index in [2.05, 4.69) is 29.1 Å². The van der Waals surface area contributed by atoms with Crippen molar-refractivity contribution in [1.82, 2.24) is 9.97 Å². The van der Waals surface area contributed by atoms with E-state index in [1.165, 1.54) is 0 Å². The lowest BCUT2D eigenvalue weighted by atomic mass is 10.3. The third kappa shape index (κ3) is 5.37. The van der Waals surface area contributed by atoms with Crippen molar-refractivity contribution in [2.75, 3.05) is 18.5 Å². The quantitative estimate of drug-likeness (QED) is 0.782. The number of nitrogens with one attached hydrogen (secondary N) is 1. The minimum Gasteiger partial charge on any atom is -0.396 e. The first-order valence-corrected chi connectivity index (χ1v) is 7.01. The maximum atomic E-state index is 8.84. The van der Waals surface area contributed by atoms with Crippen LogP contribution in [-0.4, -0.2) is 33.5 Å². The van der Waals surface area contributed by atoms with Gasteiger partial charge in [-0.25, -0.2) is 9.97 Å². The summed E-state index contributed by atoms with van der Waals surface area (Å²) in [7, 11) is 0. The smallest absolute Gasteiger partial charge is 0.140 e. The first kappa shape index (κ1) is 14.3. The van der Waals surface area contributed by atoms with E-state index in [4.69, 9.17) is 5.11 Å². The van der Waals surface area contributed by atoms with Crippen LogP contribution in [-0.2, 0) is 5.75 Å². The molecule has 2 N–H and O–H groups in total. The standard InChI is InChI=1S/C12H21N3OS/c1-4-13-11-7-9(2)14-12(15-11)8-17-10(3)5-6-16/h7,10,16H,4-6,8H2,1-3H3,(H,13,14,15). The molecule has 0 spiro atoms. The Morgan fingerprint density at radius 2 is 2.24 bits per heavy atom. The van der Waals surface area contributed by atoms with Gasteiger partial charge in [-0.3, -0.25) is 0 Å². The van der Waals surface area contributed by atoms with E-state index < -0.39 is 0 Å². The number of anilines is 1. The van der Waals surface area contributed by atoms with Crippen molar-refractivity contribution in [2.24, 2.45) is 0 Å². The van der Waals surface area contributed by atoms with Gasteiger partial charge in [0.15, 0.2) is 0 Å². The molecule has 1 unspecified atom stereocenters. The van der Waals surface area contributed by atoms with Crippen LogP contribution < -0.4 is 5.32 Å². The van der Waals surface area contributed by atoms with Gasteiger partial charge in [0.1, 0.15) is 11.6 Å². The van der Waals surface area contributed by atoms with E-state index in [1.807, 2.05) is 13.0 Å². The highest BCUT2D eigenvalue weighted by atomic mass is 32.2. The van der Waals surface area contributed by atoms with Crippen LogP contribution in [0.4, 0.5) is 5.82 Å². The van der Waals surface area contributed by atoms with Gasteiger partial charge in [-0.15, -0.1) is 0 Å². The van der Waals surface area contributed by atoms with Gasteiger partial charge >= 0.3 is 0 Å². The summed E-state index contributed by atoms with van der Waals surface area (Å²) in [5.41, 5.74) is 0.987. The van der Waals surface area contributed by atoms with E-state index in [0.29, 0.717) is 5.25 Å². The predicted molar refractivity (Wildman–Crippen MR) is 73.4 cm³/mol. The van der Waals surface area contributed by atoms with Crippen LogP contribution in [0.25, 0.3) is 0 Å². The summed E-state index contributed by atoms with van der Waals surface area (Å²) < 4.78 is 0. The molecule has 1 aromatic heterocycles. The molecule has 1 heterocycles. The summed E-state index contributed by atoms with van der Waals surface area (Å²) in [4.78, 5) is 8.86. The minimum atomic E-state index is 0.242. The van der Waals surface area contributed by atoms with E-state index in [9.17, 15) is 0 Å². The molecule has 0 aliphatic carbocycles. The number of aryl methyl sites for hydroxylation is 1. The lowest BCUT2D eigenvalue weighted by Crippen LogP contribution is -2.06. The predicted octanol–water partition coefficient (Wildman–Crippen LogP) is 2.22. The Morgan fingerprint density at radius 1 is 1.47 bits per heavy atom. The van der Waals surface area contributed by atoms with Crippen molar-refractivity contribution < 1.29 is 5.11 Å². The summed E-state index contributed by atoms with van der Waals surface area (Å²) in [6.07, 6.45) is 0.816. The van der Waals surface area contributed by atoms with Gasteiger partial charge in [0.25, 0.3) is 0 Å². The molecule has 0 aliphatic heterocycles. The molecule has 0 bridgehead atoms. The SMILES string of the molecule is CCNc1cc(C)nc(CSC(C)CCO)n1. The number of thioether (sulfide) groups is 1. The molecule has 1 rings (SSSR count). The topological polar surface area (TPSA) is 58.0 Å². The third-order valence-corrected chi connectivity index (χ3v) is 3.52. The van der Waals surface area contributed by atoms with Crippen molar-refractivity contribution in [1.29, 1.82) is 0 Å². The Labute approximate surface area is 107 Å². The molecule has 0 aliphatic rings. The van der Waals surface area contributed by atoms with E-state index in [1.54, 1.807) is 11.8 Å². The van der Waals surface area contributed by atoms with Gasteiger partial charge in [-0.2, -0.15) is 11.8 Å². The van der Waals surface area contributed by atoms with E-state index >= 15 is 0 Å². The molecule has 17 heavy (non-hydrogen) atoms. The largest absolute Gasteiger partial charge is 0.396 e. The number of aliphatic hydroxyl groups is 1. The minimum absolute atomic E-state index is 0.242. The number of hydrogen-bond acceptors (Lipinski definition) is 5. The molecule has 5 heteroatoms. The molecule has 0 saturated heterocycles. The van der Waals surface area contributed by atoms with Crippen molar-refractivity contribution >= 4 is 17.6 Å². The van der Waals surface area contributed by atoms with Crippen LogP contribution in [0.1, 0.15) is 31.8 Å². The van der Waals surface area contributed by atoms with Gasteiger partial charge in [-0.05, 0) is 20.3 Å². The van der Waals surface area contributed by atoms with Crippen LogP contribution in [0.2, 0.25) is 0 Å². The van der Waals surface area contributed by atoms with E-state index in [0.717, 1.165) is 36.1 Å². The molecule has 0 radical (unpaired) electrons. The fourth-order valence-electron chi connectivity index (χ4n) is 1.45. The number of rotatable bonds is 7. The average Bonchev–Trinajstić information content (AvgIpc) is 2.26. The molecule has 1 aromatic rings. The average molecular weight is 255 g/mol. The van der Waals surface area contributed by atoms with Crippen molar-refractivity contribution in [2.45, 2.75) is 38.2 Å². The Hall–Kier alpha value is -0.810. The Morgan fingerprint density at radius 3 is 2.88 bits per heavy atom. The van der Waals surface area contributed by atoms with Gasteiger partial charge in [0.2, 0.25) is 0 Å². The Balaban J connectivity index is 2.57. The first-order valence-electron chi connectivity index (χ1n) is 5.96. The molecule has 1 atom stereocenters. The van der Waals surface area contributed by atoms with Gasteiger partial charge in [0, 0.05) is 30.2 Å². The second-order valence-electron chi connectivity index (χ2n) is 3.98. The highest BCUT2D eigenvalue weighted by molar-refractivity contribution is 7.99. The maximum Gasteiger partial charge on any atom is 0.140 e. The third-order valence-electron chi connectivity index (χ3n) is 2.29. The Bertz CT molecular complexity index is 347. The highest BCUT2D eigenvalue weighted by Crippen LogP contribution is 2.19. The monoisotopic (exact) mass is 255 g/mol. The molecule has 0 aromatic carbocycles. The molecule has 0 fully saturated rings. The van der Waals surface area contributed by atoms with Gasteiger partial charge in [0.05, 0.1) is 5.75 Å². The summed E-state index contributed by atoms with van der Waals surface area (Å²) in [5.74, 6) is 2.54. The van der Waals surface area contributed by atoms with Gasteiger partial charge < -0.3 is 10.4 Å². The zero-order valence-corrected chi connectivity index (χ0v) is 11.5. The molecule has 0 saturated carbocycles. The summed E-state index contributed by atoms with van der Waals surface area (Å²) in [6.45, 7) is 7.25. The highest BCUT2D eigenvalue weighted by Gasteiger charge is 2.06. The number of hydrogen-bond donors (Lipinski definition) is 2. The number of aromatic nitrogens is 2. The summed E-state index contributed by atoms with van der Waals surface area (Å²) >= 11 is 1.78. The molecule has 0 amide bonds. The fraction of sp³-hybridized carbons (Fsp3) is 0.667. The second kappa shape index (κ2) is 7.50. The number of nitrogens with zero attached hydrogens (tertiary/aromatic N) is 2. The molecule has 4 nitrogen and oxygen atoms in total. The van der Waals surface area contributed by atoms with Crippen molar-refractivity contribution in [3.8, 4) is 0 Å². The van der Waals surface area contributed by atoms with Crippen LogP contribution in [0.3, 0.4) is 0 Å². The van der Waals surface area contributed by atoms with Crippen molar-refractivity contribution in [3.05, 3.63) is 17.6 Å². The lowest BCUT2D eigenvalue weighted by molar-refractivity contribution is 0.289. The molecule has 96 valence electrons. The normalized spacial score (nSPS) is 12.5. The second-order valence-corrected chi connectivity index (χ2v) is 5.40. The number of aliphatic hydroxyl groups excluding tert-OH is 1. The zero-order chi connectivity index (χ0) is 12.7. The maximum absolute atomic E-state index is 8.84. The van der Waals surface area contributed by atoms with Crippen molar-refractivity contribution in [3.63, 3.8) is 0 Å². The van der Waals surface area contributed by atoms with Crippen LogP contribution in [0, 0.1) is 6.92 Å². The zero-order valence-electron chi connectivity index (χ0n) is 10.7. The summed E-state index contributed by atoms with van der Waals surface area (Å²) in [6, 6.07) is 1.95. The molecular weight excluding hydrogens is 234 g/mol. The van der Waals surface area contributed by atoms with E-state index in [-0.39, 0.29) is 6.61 Å². The first-order chi connectivity index (χ1) is 8.15.